The third kappa shape index (κ3) is 4.25. The van der Waals surface area contributed by atoms with Gasteiger partial charge in [-0.25, -0.2) is 0 Å². The summed E-state index contributed by atoms with van der Waals surface area (Å²) in [6.45, 7) is 1.74. The highest BCUT2D eigenvalue weighted by Gasteiger charge is 2.62. The van der Waals surface area contributed by atoms with Gasteiger partial charge in [-0.3, -0.25) is 4.79 Å². The van der Waals surface area contributed by atoms with Crippen molar-refractivity contribution >= 4 is 46.6 Å². The number of alkyl halides is 3. The zero-order valence-corrected chi connectivity index (χ0v) is 18.7. The quantitative estimate of drug-likeness (QED) is 0.494. The molecule has 0 aromatic heterocycles. The van der Waals surface area contributed by atoms with Crippen LogP contribution in [0.5, 0.6) is 0 Å². The van der Waals surface area contributed by atoms with Gasteiger partial charge in [-0.05, 0) is 60.1 Å². The maximum atomic E-state index is 14.1. The van der Waals surface area contributed by atoms with E-state index in [4.69, 9.17) is 28.0 Å². The summed E-state index contributed by atoms with van der Waals surface area (Å²) in [5.41, 5.74) is -1.20. The van der Waals surface area contributed by atoms with Gasteiger partial charge < -0.3 is 10.2 Å². The number of hydrogen-bond acceptors (Lipinski definition) is 3. The first-order valence-corrected chi connectivity index (χ1v) is 11.4. The fourth-order valence-electron chi connectivity index (χ4n) is 3.56. The van der Waals surface area contributed by atoms with Gasteiger partial charge in [-0.1, -0.05) is 34.4 Å². The minimum atomic E-state index is -4.76. The maximum absolute atomic E-state index is 14.1. The highest BCUT2D eigenvalue weighted by atomic mass is 35.5. The number of amides is 1. The Kier molecular flexibility index (Phi) is 5.91. The van der Waals surface area contributed by atoms with Gasteiger partial charge in [0.2, 0.25) is 0 Å². The van der Waals surface area contributed by atoms with E-state index in [1.165, 1.54) is 30.0 Å². The summed E-state index contributed by atoms with van der Waals surface area (Å²) in [5.74, 6) is 1.68. The molecule has 1 amide bonds. The highest BCUT2D eigenvalue weighted by molar-refractivity contribution is 7.80. The molecule has 31 heavy (non-hydrogen) atoms. The maximum Gasteiger partial charge on any atom is 0.435 e. The predicted molar refractivity (Wildman–Crippen MR) is 117 cm³/mol. The van der Waals surface area contributed by atoms with Crippen LogP contribution in [-0.4, -0.2) is 35.3 Å². The van der Waals surface area contributed by atoms with E-state index in [1.807, 2.05) is 0 Å². The summed E-state index contributed by atoms with van der Waals surface area (Å²) >= 11 is 13.2. The Bertz CT molecular complexity index is 1050. The first kappa shape index (κ1) is 22.3. The lowest BCUT2D eigenvalue weighted by Crippen LogP contribution is -2.48. The molecule has 1 fully saturated rings. The lowest BCUT2D eigenvalue weighted by Gasteiger charge is -2.29. The summed E-state index contributed by atoms with van der Waals surface area (Å²) in [5, 5.41) is 6.85. The molecule has 1 N–H and O–H groups in total. The van der Waals surface area contributed by atoms with Crippen LogP contribution in [0.15, 0.2) is 41.6 Å². The van der Waals surface area contributed by atoms with Crippen LogP contribution < -0.4 is 5.32 Å². The molecule has 164 valence electrons. The standard InChI is InChI=1S/C21H17Cl2F3N2O2S/c1-11-4-12(2-3-17(11)19(29)27-16-9-31-10-16)18-8-20(30-28-18,21(24,25)26)13-5-14(22)7-15(23)6-13/h2-7,16H,8-10H2,1H3,(H,27,29)/p+1. The van der Waals surface area contributed by atoms with Crippen molar-refractivity contribution in [2.45, 2.75) is 31.2 Å². The fourth-order valence-corrected chi connectivity index (χ4v) is 4.78. The monoisotopic (exact) mass is 489 g/mol. The number of carbonyl (C=O) groups excluding carboxylic acids is 1. The van der Waals surface area contributed by atoms with Gasteiger partial charge in [0, 0.05) is 27.6 Å². The van der Waals surface area contributed by atoms with E-state index in [-0.39, 0.29) is 33.3 Å². The Balaban J connectivity index is 1.61. The van der Waals surface area contributed by atoms with Gasteiger partial charge in [-0.2, -0.15) is 13.2 Å². The molecule has 2 aliphatic heterocycles. The second kappa shape index (κ2) is 8.22. The molecule has 2 heterocycles. The molecular weight excluding hydrogens is 472 g/mol. The number of oxime groups is 1. The molecular formula is C21H18Cl2F3N2O2S+. The highest BCUT2D eigenvalue weighted by Crippen LogP contribution is 2.49. The number of halogens is 5. The van der Waals surface area contributed by atoms with E-state index < -0.39 is 18.2 Å². The van der Waals surface area contributed by atoms with Crippen molar-refractivity contribution in [2.75, 3.05) is 11.5 Å². The van der Waals surface area contributed by atoms with Crippen molar-refractivity contribution in [1.29, 1.82) is 0 Å². The topological polar surface area (TPSA) is 50.7 Å². The molecule has 0 radical (unpaired) electrons. The van der Waals surface area contributed by atoms with Crippen molar-refractivity contribution < 1.29 is 22.8 Å². The van der Waals surface area contributed by atoms with E-state index in [9.17, 15) is 18.0 Å². The lowest BCUT2D eigenvalue weighted by molar-refractivity contribution is -0.275. The minimum absolute atomic E-state index is 0.0697. The van der Waals surface area contributed by atoms with Gasteiger partial charge in [-0.15, -0.1) is 0 Å². The van der Waals surface area contributed by atoms with Crippen LogP contribution >= 0.6 is 23.2 Å². The van der Waals surface area contributed by atoms with Crippen molar-refractivity contribution in [3.05, 3.63) is 68.7 Å². The van der Waals surface area contributed by atoms with Crippen molar-refractivity contribution in [2.24, 2.45) is 5.16 Å². The third-order valence-corrected chi connectivity index (χ3v) is 7.19. The SMILES string of the molecule is Cc1cc(C2=NOC(c3cc(Cl)cc(Cl)c3)(C(F)(F)F)C2)ccc1C(=O)NC1C[SH+]C1. The van der Waals surface area contributed by atoms with Crippen LogP contribution in [0.3, 0.4) is 0 Å². The Hall–Kier alpha value is -1.90. The lowest BCUT2D eigenvalue weighted by atomic mass is 9.86. The van der Waals surface area contributed by atoms with Crippen LogP contribution in [0.2, 0.25) is 10.0 Å². The minimum Gasteiger partial charge on any atom is -0.374 e. The molecule has 1 unspecified atom stereocenters. The van der Waals surface area contributed by atoms with Gasteiger partial charge in [0.15, 0.2) is 0 Å². The van der Waals surface area contributed by atoms with E-state index in [1.54, 1.807) is 25.1 Å². The van der Waals surface area contributed by atoms with Crippen LogP contribution in [0.1, 0.15) is 33.5 Å². The largest absolute Gasteiger partial charge is 0.435 e. The number of thiol groups is 1. The molecule has 1 saturated heterocycles. The number of nitrogens with zero attached hydrogens (tertiary/aromatic N) is 1. The van der Waals surface area contributed by atoms with Crippen LogP contribution in [0.25, 0.3) is 0 Å². The fraction of sp³-hybridized carbons (Fsp3) is 0.333. The van der Waals surface area contributed by atoms with E-state index >= 15 is 0 Å². The van der Waals surface area contributed by atoms with Gasteiger partial charge in [0.05, 0.1) is 5.71 Å². The second-order valence-electron chi connectivity index (χ2n) is 7.58. The molecule has 4 rings (SSSR count). The van der Waals surface area contributed by atoms with E-state index in [0.717, 1.165) is 11.5 Å². The zero-order chi connectivity index (χ0) is 22.4. The van der Waals surface area contributed by atoms with Crippen LogP contribution in [0.4, 0.5) is 13.2 Å². The van der Waals surface area contributed by atoms with Gasteiger partial charge in [0.1, 0.15) is 17.5 Å². The van der Waals surface area contributed by atoms with Gasteiger partial charge >= 0.3 is 6.18 Å². The summed E-state index contributed by atoms with van der Waals surface area (Å²) in [7, 11) is 0. The molecule has 2 aromatic rings. The van der Waals surface area contributed by atoms with Crippen LogP contribution in [0, 0.1) is 6.92 Å². The smallest absolute Gasteiger partial charge is 0.374 e. The van der Waals surface area contributed by atoms with E-state index in [0.29, 0.717) is 16.7 Å². The Morgan fingerprint density at radius 2 is 1.87 bits per heavy atom. The first-order chi connectivity index (χ1) is 14.6. The Morgan fingerprint density at radius 1 is 1.19 bits per heavy atom. The average molecular weight is 490 g/mol. The number of carbonyl (C=O) groups is 1. The number of benzene rings is 2. The summed E-state index contributed by atoms with van der Waals surface area (Å²) < 4.78 is 42.4. The number of nitrogens with one attached hydrogen (secondary N) is 1. The molecule has 2 aromatic carbocycles. The molecule has 0 aliphatic carbocycles. The molecule has 1 atom stereocenters. The molecule has 0 bridgehead atoms. The van der Waals surface area contributed by atoms with Gasteiger partial charge in [0.25, 0.3) is 11.5 Å². The van der Waals surface area contributed by atoms with Crippen LogP contribution in [-0.2, 0) is 22.2 Å². The van der Waals surface area contributed by atoms with Crippen molar-refractivity contribution in [1.82, 2.24) is 5.32 Å². The third-order valence-electron chi connectivity index (χ3n) is 5.35. The normalized spacial score (nSPS) is 21.3. The number of aryl methyl sites for hydroxylation is 1. The number of hydrogen-bond donors (Lipinski definition) is 1. The predicted octanol–water partition coefficient (Wildman–Crippen LogP) is 4.81. The summed E-state index contributed by atoms with van der Waals surface area (Å²) in [6.07, 6.45) is -5.30. The molecule has 4 nitrogen and oxygen atoms in total. The Labute approximate surface area is 191 Å². The Morgan fingerprint density at radius 3 is 2.42 bits per heavy atom. The molecule has 0 spiro atoms. The van der Waals surface area contributed by atoms with Crippen molar-refractivity contribution in [3.63, 3.8) is 0 Å². The second-order valence-corrected chi connectivity index (χ2v) is 9.63. The molecule has 10 heteroatoms. The molecule has 2 aliphatic rings. The van der Waals surface area contributed by atoms with E-state index in [2.05, 4.69) is 10.5 Å². The first-order valence-electron chi connectivity index (χ1n) is 9.42. The zero-order valence-electron chi connectivity index (χ0n) is 16.3. The summed E-state index contributed by atoms with van der Waals surface area (Å²) in [6, 6.07) is 8.72. The molecule has 0 saturated carbocycles. The summed E-state index contributed by atoms with van der Waals surface area (Å²) in [4.78, 5) is 17.5. The average Bonchev–Trinajstić information content (AvgIpc) is 3.10. The van der Waals surface area contributed by atoms with Crippen molar-refractivity contribution in [3.8, 4) is 0 Å². The number of rotatable bonds is 4.